The van der Waals surface area contributed by atoms with Crippen LogP contribution in [0, 0.1) is 13.8 Å². The Morgan fingerprint density at radius 2 is 2.00 bits per heavy atom. The van der Waals surface area contributed by atoms with E-state index in [9.17, 15) is 0 Å². The fourth-order valence-electron chi connectivity index (χ4n) is 1.32. The van der Waals surface area contributed by atoms with Crippen molar-refractivity contribution in [1.82, 2.24) is 0 Å². The van der Waals surface area contributed by atoms with Crippen LogP contribution in [0.4, 0.5) is 5.69 Å². The summed E-state index contributed by atoms with van der Waals surface area (Å²) < 4.78 is 0. The molecule has 1 aromatic rings. The Balaban J connectivity index is 2.85. The lowest BCUT2D eigenvalue weighted by Gasteiger charge is -2.10. The number of nitrogens with two attached hydrogens (primary N) is 1. The maximum absolute atomic E-state index is 5.76. The van der Waals surface area contributed by atoms with E-state index in [1.165, 1.54) is 11.1 Å². The van der Waals surface area contributed by atoms with Crippen LogP contribution in [0.2, 0.25) is 0 Å². The molecule has 0 aromatic heterocycles. The number of rotatable bonds is 2. The van der Waals surface area contributed by atoms with E-state index in [0.717, 1.165) is 5.69 Å². The van der Waals surface area contributed by atoms with Gasteiger partial charge in [0, 0.05) is 11.7 Å². The highest BCUT2D eigenvalue weighted by molar-refractivity contribution is 5.93. The molecule has 82 valence electrons. The molecule has 0 aliphatic rings. The molecule has 0 aliphatic carbocycles. The van der Waals surface area contributed by atoms with Crippen LogP contribution in [0.3, 0.4) is 0 Å². The number of guanidine groups is 1. The number of nitrogens with zero attached hydrogens (tertiary/aromatic N) is 1. The van der Waals surface area contributed by atoms with Crippen molar-refractivity contribution in [2.75, 3.05) is 5.32 Å². The van der Waals surface area contributed by atoms with Gasteiger partial charge in [-0.3, -0.25) is 4.99 Å². The predicted octanol–water partition coefficient (Wildman–Crippen LogP) is 2.44. The molecule has 3 heteroatoms. The summed E-state index contributed by atoms with van der Waals surface area (Å²) in [6.45, 7) is 8.10. The Labute approximate surface area is 91.4 Å². The molecule has 0 aliphatic heterocycles. The minimum Gasteiger partial charge on any atom is -0.370 e. The number of nitrogens with one attached hydrogen (secondary N) is 1. The normalized spacial score (nSPS) is 11.9. The fourth-order valence-corrected chi connectivity index (χ4v) is 1.32. The van der Waals surface area contributed by atoms with Gasteiger partial charge in [-0.1, -0.05) is 12.1 Å². The van der Waals surface area contributed by atoms with Crippen molar-refractivity contribution in [3.63, 3.8) is 0 Å². The molecule has 0 unspecified atom stereocenters. The summed E-state index contributed by atoms with van der Waals surface area (Å²) in [5.74, 6) is 0.471. The number of aliphatic imine (C=N–C) groups is 1. The summed E-state index contributed by atoms with van der Waals surface area (Å²) in [6, 6.07) is 6.43. The van der Waals surface area contributed by atoms with E-state index in [1.54, 1.807) is 0 Å². The molecule has 0 saturated heterocycles. The topological polar surface area (TPSA) is 50.4 Å². The highest BCUT2D eigenvalue weighted by Gasteiger charge is 2.00. The third kappa shape index (κ3) is 3.62. The molecular weight excluding hydrogens is 186 g/mol. The van der Waals surface area contributed by atoms with Gasteiger partial charge >= 0.3 is 0 Å². The van der Waals surface area contributed by atoms with E-state index in [1.807, 2.05) is 20.8 Å². The minimum atomic E-state index is 0.211. The van der Waals surface area contributed by atoms with Crippen LogP contribution < -0.4 is 11.1 Å². The van der Waals surface area contributed by atoms with Gasteiger partial charge in [-0.05, 0) is 44.9 Å². The molecule has 0 spiro atoms. The summed E-state index contributed by atoms with van der Waals surface area (Å²) in [4.78, 5) is 4.23. The molecule has 1 aromatic carbocycles. The van der Waals surface area contributed by atoms with Gasteiger partial charge in [0.1, 0.15) is 0 Å². The lowest BCUT2D eigenvalue weighted by atomic mass is 10.1. The zero-order chi connectivity index (χ0) is 11.4. The maximum Gasteiger partial charge on any atom is 0.193 e. The Morgan fingerprint density at radius 1 is 1.33 bits per heavy atom. The van der Waals surface area contributed by atoms with Gasteiger partial charge in [-0.25, -0.2) is 0 Å². The fraction of sp³-hybridized carbons (Fsp3) is 0.417. The van der Waals surface area contributed by atoms with Crippen LogP contribution in [0.1, 0.15) is 25.0 Å². The SMILES string of the molecule is Cc1ccc(C)c(NC(N)=NC(C)C)c1. The van der Waals surface area contributed by atoms with E-state index in [4.69, 9.17) is 5.73 Å². The first-order valence-corrected chi connectivity index (χ1v) is 5.16. The second-order valence-corrected chi connectivity index (χ2v) is 4.05. The van der Waals surface area contributed by atoms with Crippen LogP contribution in [0.5, 0.6) is 0 Å². The predicted molar refractivity (Wildman–Crippen MR) is 66.3 cm³/mol. The van der Waals surface area contributed by atoms with Gasteiger partial charge in [0.05, 0.1) is 0 Å². The molecule has 3 N–H and O–H groups in total. The molecule has 0 fully saturated rings. The van der Waals surface area contributed by atoms with Gasteiger partial charge in [0.2, 0.25) is 0 Å². The van der Waals surface area contributed by atoms with Gasteiger partial charge in [0.15, 0.2) is 5.96 Å². The average molecular weight is 205 g/mol. The minimum absolute atomic E-state index is 0.211. The molecule has 0 bridgehead atoms. The third-order valence-electron chi connectivity index (χ3n) is 2.05. The van der Waals surface area contributed by atoms with E-state index in [0.29, 0.717) is 5.96 Å². The van der Waals surface area contributed by atoms with Crippen LogP contribution in [0.15, 0.2) is 23.2 Å². The average Bonchev–Trinajstić information content (AvgIpc) is 2.10. The summed E-state index contributed by atoms with van der Waals surface area (Å²) in [5, 5.41) is 3.11. The molecule has 1 rings (SSSR count). The quantitative estimate of drug-likeness (QED) is 0.575. The number of aryl methyl sites for hydroxylation is 2. The standard InChI is InChI=1S/C12H19N3/c1-8(2)14-12(13)15-11-7-9(3)5-6-10(11)4/h5-8H,1-4H3,(H3,13,14,15). The van der Waals surface area contributed by atoms with Gasteiger partial charge in [0.25, 0.3) is 0 Å². The molecule has 0 heterocycles. The first kappa shape index (κ1) is 11.6. The molecule has 0 radical (unpaired) electrons. The summed E-state index contributed by atoms with van der Waals surface area (Å²) in [5.41, 5.74) is 9.17. The highest BCUT2D eigenvalue weighted by atomic mass is 15.1. The maximum atomic E-state index is 5.76. The van der Waals surface area contributed by atoms with Gasteiger partial charge < -0.3 is 11.1 Å². The van der Waals surface area contributed by atoms with Crippen molar-refractivity contribution in [2.45, 2.75) is 33.7 Å². The molecule has 15 heavy (non-hydrogen) atoms. The second-order valence-electron chi connectivity index (χ2n) is 4.05. The van der Waals surface area contributed by atoms with Crippen LogP contribution in [0.25, 0.3) is 0 Å². The van der Waals surface area contributed by atoms with Crippen molar-refractivity contribution in [1.29, 1.82) is 0 Å². The number of benzene rings is 1. The highest BCUT2D eigenvalue weighted by Crippen LogP contribution is 2.15. The number of hydrogen-bond donors (Lipinski definition) is 2. The first-order chi connectivity index (χ1) is 6.99. The van der Waals surface area contributed by atoms with Crippen molar-refractivity contribution in [3.05, 3.63) is 29.3 Å². The number of hydrogen-bond acceptors (Lipinski definition) is 1. The van der Waals surface area contributed by atoms with Crippen molar-refractivity contribution in [3.8, 4) is 0 Å². The van der Waals surface area contributed by atoms with E-state index in [-0.39, 0.29) is 6.04 Å². The largest absolute Gasteiger partial charge is 0.370 e. The summed E-state index contributed by atoms with van der Waals surface area (Å²) >= 11 is 0. The zero-order valence-electron chi connectivity index (χ0n) is 9.83. The Morgan fingerprint density at radius 3 is 2.60 bits per heavy atom. The number of anilines is 1. The van der Waals surface area contributed by atoms with Crippen LogP contribution in [-0.4, -0.2) is 12.0 Å². The van der Waals surface area contributed by atoms with Crippen LogP contribution in [-0.2, 0) is 0 Å². The molecule has 0 atom stereocenters. The zero-order valence-corrected chi connectivity index (χ0v) is 9.83. The van der Waals surface area contributed by atoms with E-state index in [2.05, 4.69) is 35.4 Å². The summed E-state index contributed by atoms with van der Waals surface area (Å²) in [7, 11) is 0. The van der Waals surface area contributed by atoms with Crippen molar-refractivity contribution < 1.29 is 0 Å². The van der Waals surface area contributed by atoms with Gasteiger partial charge in [-0.2, -0.15) is 0 Å². The van der Waals surface area contributed by atoms with Gasteiger partial charge in [-0.15, -0.1) is 0 Å². The Bertz CT molecular complexity index is 367. The Kier molecular flexibility index (Phi) is 3.72. The lowest BCUT2D eigenvalue weighted by Crippen LogP contribution is -2.24. The molecular formula is C12H19N3. The van der Waals surface area contributed by atoms with Crippen molar-refractivity contribution in [2.24, 2.45) is 10.7 Å². The monoisotopic (exact) mass is 205 g/mol. The smallest absolute Gasteiger partial charge is 0.193 e. The molecule has 0 saturated carbocycles. The second kappa shape index (κ2) is 4.82. The van der Waals surface area contributed by atoms with Crippen LogP contribution >= 0.6 is 0 Å². The third-order valence-corrected chi connectivity index (χ3v) is 2.05. The first-order valence-electron chi connectivity index (χ1n) is 5.16. The Hall–Kier alpha value is -1.51. The summed E-state index contributed by atoms with van der Waals surface area (Å²) in [6.07, 6.45) is 0. The lowest BCUT2D eigenvalue weighted by molar-refractivity contribution is 0.833. The molecule has 0 amide bonds. The molecule has 3 nitrogen and oxygen atoms in total. The van der Waals surface area contributed by atoms with E-state index >= 15 is 0 Å². The van der Waals surface area contributed by atoms with E-state index < -0.39 is 0 Å². The van der Waals surface area contributed by atoms with Crippen molar-refractivity contribution >= 4 is 11.6 Å².